The predicted octanol–water partition coefficient (Wildman–Crippen LogP) is 14.2. The summed E-state index contributed by atoms with van der Waals surface area (Å²) in [5.41, 5.74) is 17.4. The molecular formula is C54H47BN2OS. The standard InChI is InChI=1S/C54H47BN2OS/c1-52(2,3)30-18-22-33(23-19-30)57-42-28-36-34-14-10-12-16-43(34)58-44(36)29-38(42)48-49-50-46(47-35-15-11-13-17-45(35)59-51(47)48)37-26-31(53(4,5)6)20-24-40(37)56(50)41-25-21-32(54(7,8)9)27-39(41)55(49)57/h10-29H,1-9H3. The Morgan fingerprint density at radius 1 is 0.542 bits per heavy atom. The molecule has 10 aromatic rings. The van der Waals surface area contributed by atoms with Gasteiger partial charge in [-0.15, -0.1) is 11.3 Å². The average molecular weight is 783 g/mol. The molecule has 0 amide bonds. The molecule has 0 unspecified atom stereocenters. The Morgan fingerprint density at radius 3 is 1.95 bits per heavy atom. The van der Waals surface area contributed by atoms with Crippen LogP contribution in [0.5, 0.6) is 0 Å². The topological polar surface area (TPSA) is 21.3 Å². The summed E-state index contributed by atoms with van der Waals surface area (Å²) in [4.78, 5) is 2.68. The number of nitrogens with zero attached hydrogens (tertiary/aromatic N) is 2. The number of furan rings is 1. The Kier molecular flexibility index (Phi) is 6.85. The Morgan fingerprint density at radius 2 is 1.20 bits per heavy atom. The van der Waals surface area contributed by atoms with E-state index in [1.54, 1.807) is 0 Å². The first-order valence-electron chi connectivity index (χ1n) is 21.1. The average Bonchev–Trinajstić information content (AvgIpc) is 3.87. The summed E-state index contributed by atoms with van der Waals surface area (Å²) in [7, 11) is 0. The molecule has 12 rings (SSSR count). The first-order valence-corrected chi connectivity index (χ1v) is 21.9. The summed E-state index contributed by atoms with van der Waals surface area (Å²) < 4.78 is 12.0. The Bertz CT molecular complexity index is 3450. The molecule has 0 radical (unpaired) electrons. The van der Waals surface area contributed by atoms with Gasteiger partial charge in [-0.05, 0) is 98.5 Å². The third-order valence-corrected chi connectivity index (χ3v) is 14.6. The van der Waals surface area contributed by atoms with Crippen LogP contribution in [0.3, 0.4) is 0 Å². The van der Waals surface area contributed by atoms with Crippen LogP contribution in [-0.2, 0) is 16.2 Å². The van der Waals surface area contributed by atoms with Gasteiger partial charge < -0.3 is 13.8 Å². The fraction of sp³-hybridized carbons (Fsp3) is 0.222. The monoisotopic (exact) mass is 782 g/mol. The van der Waals surface area contributed by atoms with E-state index in [2.05, 4.69) is 193 Å². The number of hydrogen-bond donors (Lipinski definition) is 0. The largest absolute Gasteiger partial charge is 0.456 e. The number of anilines is 2. The van der Waals surface area contributed by atoms with E-state index in [0.29, 0.717) is 0 Å². The highest BCUT2D eigenvalue weighted by Gasteiger charge is 2.46. The molecular weight excluding hydrogens is 735 g/mol. The summed E-state index contributed by atoms with van der Waals surface area (Å²) in [5, 5.41) is 7.68. The highest BCUT2D eigenvalue weighted by atomic mass is 32.1. The molecule has 0 bridgehead atoms. The number of aromatic nitrogens is 1. The molecule has 3 nitrogen and oxygen atoms in total. The second kappa shape index (κ2) is 11.5. The molecule has 5 heterocycles. The number of hydrogen-bond acceptors (Lipinski definition) is 3. The predicted molar refractivity (Wildman–Crippen MR) is 256 cm³/mol. The molecule has 0 saturated carbocycles. The molecule has 5 heteroatoms. The number of thiophene rings is 1. The van der Waals surface area contributed by atoms with Crippen LogP contribution in [0.1, 0.15) is 79.0 Å². The van der Waals surface area contributed by atoms with Crippen LogP contribution in [0.25, 0.3) is 80.7 Å². The normalized spacial score (nSPS) is 14.1. The van der Waals surface area contributed by atoms with Crippen molar-refractivity contribution in [1.82, 2.24) is 4.57 Å². The molecule has 59 heavy (non-hydrogen) atoms. The molecule has 3 aromatic heterocycles. The lowest BCUT2D eigenvalue weighted by Crippen LogP contribution is -2.60. The van der Waals surface area contributed by atoms with Crippen LogP contribution in [0, 0.1) is 0 Å². The lowest BCUT2D eigenvalue weighted by molar-refractivity contribution is 0.590. The maximum atomic E-state index is 6.73. The fourth-order valence-corrected chi connectivity index (χ4v) is 11.6. The van der Waals surface area contributed by atoms with Gasteiger partial charge in [-0.2, -0.15) is 0 Å². The molecule has 7 aromatic carbocycles. The van der Waals surface area contributed by atoms with Gasteiger partial charge in [0.05, 0.1) is 11.0 Å². The van der Waals surface area contributed by atoms with E-state index in [1.807, 2.05) is 11.3 Å². The fourth-order valence-electron chi connectivity index (χ4n) is 10.3. The molecule has 0 spiro atoms. The van der Waals surface area contributed by atoms with Gasteiger partial charge in [0.2, 0.25) is 0 Å². The van der Waals surface area contributed by atoms with Crippen LogP contribution in [-0.4, -0.2) is 11.4 Å². The van der Waals surface area contributed by atoms with E-state index in [1.165, 1.54) is 97.8 Å². The van der Waals surface area contributed by atoms with Crippen molar-refractivity contribution in [3.8, 4) is 16.8 Å². The van der Waals surface area contributed by atoms with Crippen molar-refractivity contribution in [2.24, 2.45) is 0 Å². The first-order chi connectivity index (χ1) is 28.2. The van der Waals surface area contributed by atoms with Gasteiger partial charge in [0.1, 0.15) is 11.2 Å². The van der Waals surface area contributed by atoms with Crippen LogP contribution < -0.4 is 15.7 Å². The minimum atomic E-state index is -0.0816. The van der Waals surface area contributed by atoms with Gasteiger partial charge in [-0.25, -0.2) is 0 Å². The van der Waals surface area contributed by atoms with Crippen molar-refractivity contribution in [3.63, 3.8) is 0 Å². The van der Waals surface area contributed by atoms with Crippen LogP contribution in [0.4, 0.5) is 11.4 Å². The molecule has 0 atom stereocenters. The van der Waals surface area contributed by atoms with Gasteiger partial charge in [-0.1, -0.05) is 129 Å². The van der Waals surface area contributed by atoms with Gasteiger partial charge >= 0.3 is 6.85 Å². The van der Waals surface area contributed by atoms with E-state index in [9.17, 15) is 0 Å². The minimum Gasteiger partial charge on any atom is -0.456 e. The van der Waals surface area contributed by atoms with Gasteiger partial charge in [-0.3, -0.25) is 0 Å². The number of fused-ring (bicyclic) bond motifs is 16. The molecule has 2 aliphatic rings. The van der Waals surface area contributed by atoms with E-state index >= 15 is 0 Å². The van der Waals surface area contributed by atoms with Crippen molar-refractivity contribution >= 4 is 104 Å². The minimum absolute atomic E-state index is 0.00178. The smallest absolute Gasteiger partial charge is 0.333 e. The number of benzene rings is 7. The van der Waals surface area contributed by atoms with Crippen molar-refractivity contribution in [2.45, 2.75) is 78.6 Å². The summed E-state index contributed by atoms with van der Waals surface area (Å²) in [6, 6.07) is 46.4. The molecule has 0 saturated heterocycles. The second-order valence-electron chi connectivity index (χ2n) is 20.2. The van der Waals surface area contributed by atoms with E-state index in [4.69, 9.17) is 4.42 Å². The van der Waals surface area contributed by atoms with Crippen molar-refractivity contribution < 1.29 is 4.42 Å². The quantitative estimate of drug-likeness (QED) is 0.155. The van der Waals surface area contributed by atoms with Gasteiger partial charge in [0.25, 0.3) is 0 Å². The van der Waals surface area contributed by atoms with Crippen molar-refractivity contribution in [1.29, 1.82) is 0 Å². The zero-order chi connectivity index (χ0) is 40.5. The lowest BCUT2D eigenvalue weighted by Gasteiger charge is -2.42. The number of para-hydroxylation sites is 1. The Labute approximate surface area is 350 Å². The zero-order valence-electron chi connectivity index (χ0n) is 35.3. The summed E-state index contributed by atoms with van der Waals surface area (Å²) in [6.45, 7) is 20.9. The molecule has 0 N–H and O–H groups in total. The third-order valence-electron chi connectivity index (χ3n) is 13.4. The maximum absolute atomic E-state index is 6.73. The Hall–Kier alpha value is -5.78. The van der Waals surface area contributed by atoms with E-state index in [0.717, 1.165) is 21.9 Å². The van der Waals surface area contributed by atoms with Gasteiger partial charge in [0.15, 0.2) is 0 Å². The highest BCUT2D eigenvalue weighted by molar-refractivity contribution is 7.27. The summed E-state index contributed by atoms with van der Waals surface area (Å²) >= 11 is 1.95. The third kappa shape index (κ3) is 4.77. The highest BCUT2D eigenvalue weighted by Crippen LogP contribution is 2.54. The van der Waals surface area contributed by atoms with Crippen LogP contribution in [0.2, 0.25) is 0 Å². The number of rotatable bonds is 1. The van der Waals surface area contributed by atoms with Crippen LogP contribution >= 0.6 is 11.3 Å². The van der Waals surface area contributed by atoms with Crippen molar-refractivity contribution in [3.05, 3.63) is 138 Å². The SMILES string of the molecule is CC(C)(C)c1ccc(N2B3c4cc(C(C)(C)C)ccc4-n4c5ccc(C(C)(C)C)cc5c5c6c(sc7ccccc76)c(c3c54)-c3cc4oc5ccccc5c4cc32)cc1. The summed E-state index contributed by atoms with van der Waals surface area (Å²) in [6.07, 6.45) is 0. The molecule has 0 fully saturated rings. The van der Waals surface area contributed by atoms with Crippen LogP contribution in [0.15, 0.2) is 126 Å². The molecule has 288 valence electrons. The Balaban J connectivity index is 1.34. The van der Waals surface area contributed by atoms with E-state index in [-0.39, 0.29) is 23.1 Å². The summed E-state index contributed by atoms with van der Waals surface area (Å²) in [5.74, 6) is 0. The zero-order valence-corrected chi connectivity index (χ0v) is 36.2. The first kappa shape index (κ1) is 35.2. The molecule has 0 aliphatic carbocycles. The lowest BCUT2D eigenvalue weighted by atomic mass is 9.43. The molecule has 2 aliphatic heterocycles. The van der Waals surface area contributed by atoms with Crippen molar-refractivity contribution in [2.75, 3.05) is 4.81 Å². The second-order valence-corrected chi connectivity index (χ2v) is 21.2. The maximum Gasteiger partial charge on any atom is 0.333 e. The van der Waals surface area contributed by atoms with E-state index < -0.39 is 0 Å². The van der Waals surface area contributed by atoms with Gasteiger partial charge in [0, 0.05) is 69.9 Å².